The van der Waals surface area contributed by atoms with Gasteiger partial charge >= 0.3 is 0 Å². The van der Waals surface area contributed by atoms with Crippen LogP contribution in [0, 0.1) is 18.3 Å². The van der Waals surface area contributed by atoms with E-state index >= 15 is 0 Å². The zero-order valence-corrected chi connectivity index (χ0v) is 14.3. The van der Waals surface area contributed by atoms with Crippen molar-refractivity contribution in [2.24, 2.45) is 0 Å². The molecule has 0 bridgehead atoms. The molecule has 3 aromatic rings. The van der Waals surface area contributed by atoms with E-state index in [9.17, 15) is 10.1 Å². The molecule has 2 aromatic heterocycles. The zero-order chi connectivity index (χ0) is 18.4. The largest absolute Gasteiger partial charge is 0.487 e. The first-order valence-electron chi connectivity index (χ1n) is 8.16. The molecule has 5 nitrogen and oxygen atoms in total. The number of carbonyl (C=O) groups is 1. The number of aromatic nitrogens is 2. The Kier molecular flexibility index (Phi) is 5.35. The highest BCUT2D eigenvalue weighted by atomic mass is 16.5. The maximum Gasteiger partial charge on any atom is 0.186 e. The highest BCUT2D eigenvalue weighted by Crippen LogP contribution is 2.20. The number of nitrogens with zero attached hydrogens (tertiary/aromatic N) is 3. The Morgan fingerprint density at radius 2 is 2.04 bits per heavy atom. The number of hydrogen-bond donors (Lipinski definition) is 0. The second-order valence-corrected chi connectivity index (χ2v) is 5.81. The molecule has 1 aromatic carbocycles. The summed E-state index contributed by atoms with van der Waals surface area (Å²) >= 11 is 0. The molecule has 0 fully saturated rings. The minimum absolute atomic E-state index is 0.273. The van der Waals surface area contributed by atoms with E-state index in [0.29, 0.717) is 23.6 Å². The van der Waals surface area contributed by atoms with Crippen molar-refractivity contribution in [2.75, 3.05) is 0 Å². The summed E-state index contributed by atoms with van der Waals surface area (Å²) in [6.07, 6.45) is 3.24. The van der Waals surface area contributed by atoms with E-state index in [0.717, 1.165) is 11.3 Å². The van der Waals surface area contributed by atoms with Crippen LogP contribution in [0.25, 0.3) is 0 Å². The van der Waals surface area contributed by atoms with Crippen LogP contribution < -0.4 is 4.74 Å². The van der Waals surface area contributed by atoms with Crippen molar-refractivity contribution < 1.29 is 9.53 Å². The van der Waals surface area contributed by atoms with Crippen molar-refractivity contribution in [3.8, 4) is 11.8 Å². The van der Waals surface area contributed by atoms with E-state index in [1.807, 2.05) is 31.2 Å². The molecule has 0 saturated carbocycles. The molecular weight excluding hydrogens is 326 g/mol. The van der Waals surface area contributed by atoms with Crippen LogP contribution >= 0.6 is 0 Å². The molecule has 5 heteroatoms. The van der Waals surface area contributed by atoms with Crippen LogP contribution in [0.4, 0.5) is 0 Å². The van der Waals surface area contributed by atoms with Crippen LogP contribution in [0.1, 0.15) is 33.2 Å². The van der Waals surface area contributed by atoms with E-state index < -0.39 is 5.92 Å². The maximum absolute atomic E-state index is 12.7. The van der Waals surface area contributed by atoms with E-state index in [1.165, 1.54) is 0 Å². The first-order chi connectivity index (χ1) is 12.7. The van der Waals surface area contributed by atoms with Crippen molar-refractivity contribution in [2.45, 2.75) is 19.4 Å². The monoisotopic (exact) mass is 343 g/mol. The van der Waals surface area contributed by atoms with E-state index in [2.05, 4.69) is 9.97 Å². The predicted octanol–water partition coefficient (Wildman–Crippen LogP) is 3.85. The second kappa shape index (κ2) is 8.04. The number of aryl methyl sites for hydroxylation is 1. The van der Waals surface area contributed by atoms with Gasteiger partial charge in [0.2, 0.25) is 0 Å². The van der Waals surface area contributed by atoms with Crippen LogP contribution in [0.3, 0.4) is 0 Å². The van der Waals surface area contributed by atoms with Gasteiger partial charge in [-0.05, 0) is 42.8 Å². The Bertz CT molecular complexity index is 931. The van der Waals surface area contributed by atoms with Crippen LogP contribution in [0.2, 0.25) is 0 Å². The van der Waals surface area contributed by atoms with Gasteiger partial charge in [-0.15, -0.1) is 0 Å². The van der Waals surface area contributed by atoms with Gasteiger partial charge in [0.1, 0.15) is 12.4 Å². The van der Waals surface area contributed by atoms with E-state index in [-0.39, 0.29) is 5.78 Å². The third kappa shape index (κ3) is 4.11. The summed E-state index contributed by atoms with van der Waals surface area (Å²) in [6, 6.07) is 18.1. The van der Waals surface area contributed by atoms with Crippen LogP contribution in [0.15, 0.2) is 67.0 Å². The molecule has 3 rings (SSSR count). The summed E-state index contributed by atoms with van der Waals surface area (Å²) < 4.78 is 5.70. The normalized spacial score (nSPS) is 11.4. The summed E-state index contributed by atoms with van der Waals surface area (Å²) in [6.45, 7) is 2.22. The predicted molar refractivity (Wildman–Crippen MR) is 96.7 cm³/mol. The topological polar surface area (TPSA) is 75.9 Å². The van der Waals surface area contributed by atoms with Crippen LogP contribution in [-0.2, 0) is 6.61 Å². The SMILES string of the molecule is Cc1ccc(OCc2cccc(C(=O)[C@H](C#N)c3ccccn3)c2)cn1. The molecule has 1 atom stereocenters. The first kappa shape index (κ1) is 17.3. The minimum atomic E-state index is -0.923. The molecule has 128 valence electrons. The summed E-state index contributed by atoms with van der Waals surface area (Å²) in [5.74, 6) is -0.533. The van der Waals surface area contributed by atoms with Gasteiger partial charge in [-0.2, -0.15) is 5.26 Å². The van der Waals surface area contributed by atoms with Gasteiger partial charge in [0.25, 0.3) is 0 Å². The molecule has 0 N–H and O–H groups in total. The average molecular weight is 343 g/mol. The Morgan fingerprint density at radius 1 is 1.15 bits per heavy atom. The fourth-order valence-electron chi connectivity index (χ4n) is 2.49. The second-order valence-electron chi connectivity index (χ2n) is 5.81. The van der Waals surface area contributed by atoms with Gasteiger partial charge in [-0.1, -0.05) is 24.3 Å². The lowest BCUT2D eigenvalue weighted by molar-refractivity contribution is 0.0977. The Morgan fingerprint density at radius 3 is 2.73 bits per heavy atom. The maximum atomic E-state index is 12.7. The fourth-order valence-corrected chi connectivity index (χ4v) is 2.49. The van der Waals surface area contributed by atoms with Gasteiger partial charge in [0.05, 0.1) is 18.0 Å². The number of benzene rings is 1. The quantitative estimate of drug-likeness (QED) is 0.635. The standard InChI is InChI=1S/C21H17N3O2/c1-15-8-9-18(13-24-15)26-14-16-5-4-6-17(11-16)21(25)19(12-22)20-7-2-3-10-23-20/h2-11,13,19H,14H2,1H3/t19-/m1/s1. The molecule has 0 radical (unpaired) electrons. The molecule has 0 aliphatic heterocycles. The highest BCUT2D eigenvalue weighted by molar-refractivity contribution is 6.02. The number of nitriles is 1. The first-order valence-corrected chi connectivity index (χ1v) is 8.16. The van der Waals surface area contributed by atoms with Crippen molar-refractivity contribution in [1.82, 2.24) is 9.97 Å². The molecular formula is C21H17N3O2. The van der Waals surface area contributed by atoms with Gasteiger partial charge in [-0.3, -0.25) is 14.8 Å². The molecule has 0 spiro atoms. The Balaban J connectivity index is 1.75. The van der Waals surface area contributed by atoms with E-state index in [4.69, 9.17) is 4.74 Å². The third-order valence-electron chi connectivity index (χ3n) is 3.88. The van der Waals surface area contributed by atoms with Crippen LogP contribution in [-0.4, -0.2) is 15.8 Å². The van der Waals surface area contributed by atoms with Gasteiger partial charge < -0.3 is 4.74 Å². The third-order valence-corrected chi connectivity index (χ3v) is 3.88. The zero-order valence-electron chi connectivity index (χ0n) is 14.3. The average Bonchev–Trinajstić information content (AvgIpc) is 2.69. The number of hydrogen-bond acceptors (Lipinski definition) is 5. The molecule has 0 amide bonds. The molecule has 2 heterocycles. The number of ether oxygens (including phenoxy) is 1. The van der Waals surface area contributed by atoms with Crippen molar-refractivity contribution in [1.29, 1.82) is 5.26 Å². The highest BCUT2D eigenvalue weighted by Gasteiger charge is 2.23. The summed E-state index contributed by atoms with van der Waals surface area (Å²) in [4.78, 5) is 21.0. The van der Waals surface area contributed by atoms with E-state index in [1.54, 1.807) is 48.8 Å². The number of rotatable bonds is 6. The van der Waals surface area contributed by atoms with Gasteiger partial charge in [0.15, 0.2) is 11.7 Å². The number of ketones is 1. The number of Topliss-reactive ketones (excluding diaryl/α,β-unsaturated/α-hetero) is 1. The lowest BCUT2D eigenvalue weighted by atomic mass is 9.94. The molecule has 0 unspecified atom stereocenters. The van der Waals surface area contributed by atoms with Gasteiger partial charge in [0, 0.05) is 17.5 Å². The lowest BCUT2D eigenvalue weighted by Crippen LogP contribution is -2.13. The molecule has 26 heavy (non-hydrogen) atoms. The number of pyridine rings is 2. The molecule has 0 aliphatic carbocycles. The fraction of sp³-hybridized carbons (Fsp3) is 0.143. The minimum Gasteiger partial charge on any atom is -0.487 e. The summed E-state index contributed by atoms with van der Waals surface area (Å²) in [5.41, 5.74) is 2.67. The lowest BCUT2D eigenvalue weighted by Gasteiger charge is -2.10. The van der Waals surface area contributed by atoms with Crippen molar-refractivity contribution in [3.05, 3.63) is 89.5 Å². The van der Waals surface area contributed by atoms with Crippen molar-refractivity contribution >= 4 is 5.78 Å². The molecule has 0 saturated heterocycles. The summed E-state index contributed by atoms with van der Waals surface area (Å²) in [7, 11) is 0. The Hall–Kier alpha value is -3.52. The number of carbonyl (C=O) groups excluding carboxylic acids is 1. The van der Waals surface area contributed by atoms with Crippen molar-refractivity contribution in [3.63, 3.8) is 0 Å². The van der Waals surface area contributed by atoms with Gasteiger partial charge in [-0.25, -0.2) is 0 Å². The Labute approximate surface area is 151 Å². The summed E-state index contributed by atoms with van der Waals surface area (Å²) in [5, 5.41) is 9.41. The molecule has 0 aliphatic rings. The van der Waals surface area contributed by atoms with Crippen LogP contribution in [0.5, 0.6) is 5.75 Å². The smallest absolute Gasteiger partial charge is 0.186 e.